The van der Waals surface area contributed by atoms with E-state index in [1.807, 2.05) is 11.6 Å². The first kappa shape index (κ1) is 15.9. The molecule has 3 heterocycles. The number of nitrogens with one attached hydrogen (secondary N) is 3. The first-order valence-corrected chi connectivity index (χ1v) is 8.32. The van der Waals surface area contributed by atoms with E-state index in [4.69, 9.17) is 0 Å². The van der Waals surface area contributed by atoms with Crippen LogP contribution in [-0.4, -0.2) is 51.8 Å². The zero-order chi connectivity index (χ0) is 16.2. The molecule has 0 spiro atoms. The van der Waals surface area contributed by atoms with E-state index >= 15 is 0 Å². The Labute approximate surface area is 135 Å². The topological polar surface area (TPSA) is 101 Å². The lowest BCUT2D eigenvalue weighted by Gasteiger charge is -2.24. The largest absolute Gasteiger partial charge is 0.354 e. The van der Waals surface area contributed by atoms with Crippen molar-refractivity contribution in [2.24, 2.45) is 0 Å². The molecule has 0 aromatic carbocycles. The summed E-state index contributed by atoms with van der Waals surface area (Å²) in [5.74, 6) is 1.60. The van der Waals surface area contributed by atoms with E-state index < -0.39 is 6.04 Å². The smallest absolute Gasteiger partial charge is 0.242 e. The SMILES string of the molecule is Cc1nc2n(n1)C[C@H](NCC(=O)N[C@H]1CCCCNC1=O)CC2. The molecule has 2 atom stereocenters. The lowest BCUT2D eigenvalue weighted by Crippen LogP contribution is -2.49. The van der Waals surface area contributed by atoms with Gasteiger partial charge in [0.1, 0.15) is 17.7 Å². The van der Waals surface area contributed by atoms with Crippen LogP contribution in [-0.2, 0) is 22.6 Å². The number of hydrogen-bond acceptors (Lipinski definition) is 5. The van der Waals surface area contributed by atoms with Crippen molar-refractivity contribution in [3.63, 3.8) is 0 Å². The van der Waals surface area contributed by atoms with Crippen molar-refractivity contribution in [2.45, 2.75) is 57.7 Å². The maximum Gasteiger partial charge on any atom is 0.242 e. The second-order valence-electron chi connectivity index (χ2n) is 6.28. The first-order chi connectivity index (χ1) is 11.1. The zero-order valence-electron chi connectivity index (χ0n) is 13.5. The van der Waals surface area contributed by atoms with Crippen molar-refractivity contribution < 1.29 is 9.59 Å². The number of carbonyl (C=O) groups excluding carboxylic acids is 2. The number of nitrogens with zero attached hydrogens (tertiary/aromatic N) is 3. The van der Waals surface area contributed by atoms with Crippen LogP contribution >= 0.6 is 0 Å². The van der Waals surface area contributed by atoms with Gasteiger partial charge >= 0.3 is 0 Å². The van der Waals surface area contributed by atoms with Gasteiger partial charge in [0.05, 0.1) is 13.1 Å². The zero-order valence-corrected chi connectivity index (χ0v) is 13.5. The van der Waals surface area contributed by atoms with Crippen LogP contribution in [0.5, 0.6) is 0 Å². The van der Waals surface area contributed by atoms with E-state index in [2.05, 4.69) is 26.0 Å². The van der Waals surface area contributed by atoms with Gasteiger partial charge in [-0.1, -0.05) is 0 Å². The second-order valence-corrected chi connectivity index (χ2v) is 6.28. The summed E-state index contributed by atoms with van der Waals surface area (Å²) in [5.41, 5.74) is 0. The van der Waals surface area contributed by atoms with Crippen molar-refractivity contribution >= 4 is 11.8 Å². The molecule has 126 valence electrons. The fourth-order valence-corrected chi connectivity index (χ4v) is 3.16. The minimum Gasteiger partial charge on any atom is -0.354 e. The molecule has 8 heteroatoms. The highest BCUT2D eigenvalue weighted by Crippen LogP contribution is 2.12. The summed E-state index contributed by atoms with van der Waals surface area (Å²) in [5, 5.41) is 13.3. The molecule has 1 aromatic heterocycles. The Kier molecular flexibility index (Phi) is 4.90. The summed E-state index contributed by atoms with van der Waals surface area (Å²) < 4.78 is 1.91. The number of carbonyl (C=O) groups is 2. The number of amides is 2. The fraction of sp³-hybridized carbons (Fsp3) is 0.733. The van der Waals surface area contributed by atoms with Crippen molar-refractivity contribution in [1.29, 1.82) is 0 Å². The molecule has 0 bridgehead atoms. The van der Waals surface area contributed by atoms with Gasteiger partial charge < -0.3 is 16.0 Å². The molecule has 23 heavy (non-hydrogen) atoms. The number of rotatable bonds is 4. The van der Waals surface area contributed by atoms with E-state index in [1.165, 1.54) is 0 Å². The van der Waals surface area contributed by atoms with Crippen molar-refractivity contribution in [3.05, 3.63) is 11.6 Å². The third-order valence-electron chi connectivity index (χ3n) is 4.39. The van der Waals surface area contributed by atoms with Gasteiger partial charge in [-0.3, -0.25) is 9.59 Å². The van der Waals surface area contributed by atoms with E-state index in [-0.39, 0.29) is 24.4 Å². The van der Waals surface area contributed by atoms with E-state index in [0.29, 0.717) is 13.0 Å². The highest BCUT2D eigenvalue weighted by Gasteiger charge is 2.24. The van der Waals surface area contributed by atoms with E-state index in [9.17, 15) is 9.59 Å². The van der Waals surface area contributed by atoms with Gasteiger partial charge in [0.25, 0.3) is 0 Å². The number of fused-ring (bicyclic) bond motifs is 1. The van der Waals surface area contributed by atoms with Crippen LogP contribution in [0.15, 0.2) is 0 Å². The summed E-state index contributed by atoms with van der Waals surface area (Å²) in [6.07, 6.45) is 4.44. The third-order valence-corrected chi connectivity index (χ3v) is 4.39. The fourth-order valence-electron chi connectivity index (χ4n) is 3.16. The molecule has 3 rings (SSSR count). The van der Waals surface area contributed by atoms with Crippen LogP contribution in [0.3, 0.4) is 0 Å². The van der Waals surface area contributed by atoms with Crippen LogP contribution in [0.2, 0.25) is 0 Å². The summed E-state index contributed by atoms with van der Waals surface area (Å²) in [7, 11) is 0. The highest BCUT2D eigenvalue weighted by molar-refractivity contribution is 5.88. The average Bonchev–Trinajstić information content (AvgIpc) is 2.78. The summed E-state index contributed by atoms with van der Waals surface area (Å²) in [6.45, 7) is 3.54. The Morgan fingerprint density at radius 3 is 3.13 bits per heavy atom. The molecule has 0 unspecified atom stereocenters. The van der Waals surface area contributed by atoms with E-state index in [1.54, 1.807) is 0 Å². The van der Waals surface area contributed by atoms with Crippen molar-refractivity contribution in [2.75, 3.05) is 13.1 Å². The van der Waals surface area contributed by atoms with Gasteiger partial charge in [0.2, 0.25) is 11.8 Å². The molecule has 1 saturated heterocycles. The Balaban J connectivity index is 1.45. The minimum atomic E-state index is -0.400. The molecule has 2 aliphatic heterocycles. The van der Waals surface area contributed by atoms with E-state index in [0.717, 1.165) is 43.9 Å². The lowest BCUT2D eigenvalue weighted by molar-refractivity contribution is -0.128. The molecule has 0 radical (unpaired) electrons. The summed E-state index contributed by atoms with van der Waals surface area (Å²) in [6, 6.07) is -0.194. The molecular formula is C15H24N6O2. The number of hydrogen-bond donors (Lipinski definition) is 3. The van der Waals surface area contributed by atoms with Crippen LogP contribution in [0.25, 0.3) is 0 Å². The normalized spacial score (nSPS) is 24.5. The second kappa shape index (κ2) is 7.08. The standard InChI is InChI=1S/C15H24N6O2/c1-10-18-13-6-5-11(9-21(13)20-10)17-8-14(22)19-12-4-2-3-7-16-15(12)23/h11-12,17H,2-9H2,1H3,(H,16,23)(H,19,22)/t11-,12+/m1/s1. The quantitative estimate of drug-likeness (QED) is 0.679. The predicted molar refractivity (Wildman–Crippen MR) is 83.7 cm³/mol. The Morgan fingerprint density at radius 2 is 2.26 bits per heavy atom. The maximum atomic E-state index is 12.1. The molecule has 2 amide bonds. The van der Waals surface area contributed by atoms with Crippen molar-refractivity contribution in [3.8, 4) is 0 Å². The lowest BCUT2D eigenvalue weighted by atomic mass is 10.1. The summed E-state index contributed by atoms with van der Waals surface area (Å²) >= 11 is 0. The first-order valence-electron chi connectivity index (χ1n) is 8.32. The van der Waals surface area contributed by atoms with Gasteiger partial charge in [-0.2, -0.15) is 5.10 Å². The number of aromatic nitrogens is 3. The minimum absolute atomic E-state index is 0.0729. The predicted octanol–water partition coefficient (Wildman–Crippen LogP) is -0.724. The average molecular weight is 320 g/mol. The van der Waals surface area contributed by atoms with Gasteiger partial charge in [-0.05, 0) is 32.6 Å². The van der Waals surface area contributed by atoms with Gasteiger partial charge in [-0.25, -0.2) is 9.67 Å². The van der Waals surface area contributed by atoms with Gasteiger partial charge in [0, 0.05) is 19.0 Å². The monoisotopic (exact) mass is 320 g/mol. The van der Waals surface area contributed by atoms with Gasteiger partial charge in [0.15, 0.2) is 0 Å². The van der Waals surface area contributed by atoms with Crippen molar-refractivity contribution in [1.82, 2.24) is 30.7 Å². The van der Waals surface area contributed by atoms with Crippen LogP contribution in [0.4, 0.5) is 0 Å². The molecule has 0 saturated carbocycles. The molecule has 0 aliphatic carbocycles. The Bertz CT molecular complexity index is 585. The molecule has 1 fully saturated rings. The highest BCUT2D eigenvalue weighted by atomic mass is 16.2. The van der Waals surface area contributed by atoms with Crippen LogP contribution in [0.1, 0.15) is 37.3 Å². The Hall–Kier alpha value is -1.96. The number of aryl methyl sites for hydroxylation is 2. The Morgan fingerprint density at radius 1 is 1.39 bits per heavy atom. The van der Waals surface area contributed by atoms with Gasteiger partial charge in [-0.15, -0.1) is 0 Å². The van der Waals surface area contributed by atoms with Crippen LogP contribution in [0, 0.1) is 6.92 Å². The molecule has 1 aromatic rings. The molecule has 3 N–H and O–H groups in total. The van der Waals surface area contributed by atoms with Crippen LogP contribution < -0.4 is 16.0 Å². The maximum absolute atomic E-state index is 12.1. The summed E-state index contributed by atoms with van der Waals surface area (Å²) in [4.78, 5) is 28.3. The molecule has 8 nitrogen and oxygen atoms in total. The molecular weight excluding hydrogens is 296 g/mol. The third kappa shape index (κ3) is 4.07. The molecule has 2 aliphatic rings.